The van der Waals surface area contributed by atoms with Gasteiger partial charge in [0, 0.05) is 25.2 Å². The van der Waals surface area contributed by atoms with Crippen LogP contribution in [0.1, 0.15) is 25.7 Å². The quantitative estimate of drug-likeness (QED) is 0.511. The minimum absolute atomic E-state index is 0.775. The summed E-state index contributed by atoms with van der Waals surface area (Å²) in [5.41, 5.74) is 0. The Labute approximate surface area is 62.4 Å². The molecule has 58 valence electrons. The first-order chi connectivity index (χ1) is 4.95. The Morgan fingerprint density at radius 3 is 1.70 bits per heavy atom. The topological polar surface area (TPSA) is 24.1 Å². The van der Waals surface area contributed by atoms with Gasteiger partial charge in [-0.3, -0.25) is 0 Å². The van der Waals surface area contributed by atoms with Gasteiger partial charge < -0.3 is 10.6 Å². The maximum absolute atomic E-state index is 3.56. The maximum Gasteiger partial charge on any atom is 0.0193 e. The average Bonchev–Trinajstić information content (AvgIpc) is 1.89. The standard InChI is InChI=1S/C8H16N2/c1-2-4-8-6-9-7(3-1)5-10-8/h7-10H,1-6H2/t7-,8?/m1/s1. The molecule has 1 unspecified atom stereocenters. The largest absolute Gasteiger partial charge is 0.311 e. The monoisotopic (exact) mass is 140 g/mol. The predicted octanol–water partition coefficient (Wildman–Crippen LogP) is 0.490. The Morgan fingerprint density at radius 1 is 0.800 bits per heavy atom. The summed E-state index contributed by atoms with van der Waals surface area (Å²) in [6.07, 6.45) is 5.60. The molecule has 10 heavy (non-hydrogen) atoms. The third-order valence-electron chi connectivity index (χ3n) is 2.66. The van der Waals surface area contributed by atoms with Crippen LogP contribution in [0.3, 0.4) is 0 Å². The molecule has 0 amide bonds. The van der Waals surface area contributed by atoms with Crippen LogP contribution < -0.4 is 10.6 Å². The van der Waals surface area contributed by atoms with Gasteiger partial charge in [0.1, 0.15) is 0 Å². The molecule has 3 aliphatic heterocycles. The van der Waals surface area contributed by atoms with Gasteiger partial charge in [-0.2, -0.15) is 0 Å². The number of rotatable bonds is 0. The number of nitrogens with one attached hydrogen (secondary N) is 2. The lowest BCUT2D eigenvalue weighted by atomic mass is 9.97. The molecule has 3 heterocycles. The highest BCUT2D eigenvalue weighted by Gasteiger charge is 2.21. The molecule has 2 heteroatoms. The third kappa shape index (κ3) is 1.32. The van der Waals surface area contributed by atoms with Crippen LogP contribution in [0, 0.1) is 0 Å². The molecule has 3 fully saturated rings. The Morgan fingerprint density at radius 2 is 1.30 bits per heavy atom. The van der Waals surface area contributed by atoms with Gasteiger partial charge in [-0.1, -0.05) is 12.8 Å². The van der Waals surface area contributed by atoms with E-state index < -0.39 is 0 Å². The number of fused-ring (bicyclic) bond motifs is 5. The molecule has 0 saturated carbocycles. The molecule has 3 saturated heterocycles. The summed E-state index contributed by atoms with van der Waals surface area (Å²) in [6, 6.07) is 1.55. The second-order valence-electron chi connectivity index (χ2n) is 3.49. The van der Waals surface area contributed by atoms with Gasteiger partial charge in [-0.15, -0.1) is 0 Å². The molecule has 0 spiro atoms. The van der Waals surface area contributed by atoms with Crippen molar-refractivity contribution in [1.82, 2.24) is 10.6 Å². The Balaban J connectivity index is 1.94. The minimum atomic E-state index is 0.775. The van der Waals surface area contributed by atoms with Crippen LogP contribution in [0.4, 0.5) is 0 Å². The van der Waals surface area contributed by atoms with E-state index in [0.29, 0.717) is 0 Å². The lowest BCUT2D eigenvalue weighted by molar-refractivity contribution is 0.284. The summed E-state index contributed by atoms with van der Waals surface area (Å²) in [5, 5.41) is 7.12. The van der Waals surface area contributed by atoms with E-state index >= 15 is 0 Å². The van der Waals surface area contributed by atoms with Crippen molar-refractivity contribution < 1.29 is 0 Å². The van der Waals surface area contributed by atoms with Gasteiger partial charge in [0.25, 0.3) is 0 Å². The SMILES string of the molecule is C1CC[C@@H]2CNC(C1)CN2. The second-order valence-corrected chi connectivity index (χ2v) is 3.49. The predicted molar refractivity (Wildman–Crippen MR) is 42.0 cm³/mol. The van der Waals surface area contributed by atoms with Crippen molar-refractivity contribution in [2.24, 2.45) is 0 Å². The van der Waals surface area contributed by atoms with E-state index in [1.807, 2.05) is 0 Å². The van der Waals surface area contributed by atoms with Crippen molar-refractivity contribution in [2.75, 3.05) is 13.1 Å². The Bertz CT molecular complexity index is 86.3. The second kappa shape index (κ2) is 2.89. The average molecular weight is 140 g/mol. The first-order valence-corrected chi connectivity index (χ1v) is 4.42. The van der Waals surface area contributed by atoms with Crippen LogP contribution in [0.25, 0.3) is 0 Å². The summed E-state index contributed by atoms with van der Waals surface area (Å²) in [7, 11) is 0. The van der Waals surface area contributed by atoms with Crippen molar-refractivity contribution in [2.45, 2.75) is 37.8 Å². The fourth-order valence-corrected chi connectivity index (χ4v) is 1.95. The molecule has 2 N–H and O–H groups in total. The Kier molecular flexibility index (Phi) is 1.91. The molecule has 0 radical (unpaired) electrons. The number of piperazine rings is 1. The summed E-state index contributed by atoms with van der Waals surface area (Å²) in [4.78, 5) is 0. The van der Waals surface area contributed by atoms with E-state index in [9.17, 15) is 0 Å². The zero-order valence-corrected chi connectivity index (χ0v) is 6.40. The summed E-state index contributed by atoms with van der Waals surface area (Å²) < 4.78 is 0. The molecule has 0 aromatic carbocycles. The maximum atomic E-state index is 3.56. The van der Waals surface area contributed by atoms with Crippen molar-refractivity contribution in [3.05, 3.63) is 0 Å². The highest BCUT2D eigenvalue weighted by atomic mass is 15.1. The van der Waals surface area contributed by atoms with E-state index in [1.165, 1.54) is 38.8 Å². The van der Waals surface area contributed by atoms with E-state index in [2.05, 4.69) is 10.6 Å². The van der Waals surface area contributed by atoms with E-state index in [-0.39, 0.29) is 0 Å². The lowest BCUT2D eigenvalue weighted by Crippen LogP contribution is -2.55. The number of hydrogen-bond acceptors (Lipinski definition) is 2. The first-order valence-electron chi connectivity index (χ1n) is 4.42. The van der Waals surface area contributed by atoms with E-state index in [0.717, 1.165) is 12.1 Å². The van der Waals surface area contributed by atoms with E-state index in [4.69, 9.17) is 0 Å². The van der Waals surface area contributed by atoms with Crippen molar-refractivity contribution >= 4 is 0 Å². The third-order valence-corrected chi connectivity index (χ3v) is 2.66. The lowest BCUT2D eigenvalue weighted by Gasteiger charge is -2.33. The molecule has 2 atom stereocenters. The highest BCUT2D eigenvalue weighted by molar-refractivity contribution is 4.85. The molecular weight excluding hydrogens is 124 g/mol. The van der Waals surface area contributed by atoms with Crippen LogP contribution >= 0.6 is 0 Å². The van der Waals surface area contributed by atoms with Crippen LogP contribution in [-0.4, -0.2) is 25.2 Å². The van der Waals surface area contributed by atoms with Gasteiger partial charge in [-0.25, -0.2) is 0 Å². The van der Waals surface area contributed by atoms with Gasteiger partial charge >= 0.3 is 0 Å². The van der Waals surface area contributed by atoms with Gasteiger partial charge in [0.2, 0.25) is 0 Å². The van der Waals surface area contributed by atoms with Crippen LogP contribution in [-0.2, 0) is 0 Å². The summed E-state index contributed by atoms with van der Waals surface area (Å²) in [5.74, 6) is 0. The molecule has 0 aromatic rings. The van der Waals surface area contributed by atoms with Crippen LogP contribution in [0.5, 0.6) is 0 Å². The van der Waals surface area contributed by atoms with Crippen molar-refractivity contribution in [3.63, 3.8) is 0 Å². The van der Waals surface area contributed by atoms with Crippen LogP contribution in [0.2, 0.25) is 0 Å². The van der Waals surface area contributed by atoms with E-state index in [1.54, 1.807) is 0 Å². The fraction of sp³-hybridized carbons (Fsp3) is 1.00. The summed E-state index contributed by atoms with van der Waals surface area (Å²) >= 11 is 0. The zero-order valence-electron chi connectivity index (χ0n) is 6.40. The van der Waals surface area contributed by atoms with Gasteiger partial charge in [0.05, 0.1) is 0 Å². The molecule has 2 nitrogen and oxygen atoms in total. The molecular formula is C8H16N2. The van der Waals surface area contributed by atoms with Crippen molar-refractivity contribution in [3.8, 4) is 0 Å². The van der Waals surface area contributed by atoms with Gasteiger partial charge in [0.15, 0.2) is 0 Å². The van der Waals surface area contributed by atoms with Crippen LogP contribution in [0.15, 0.2) is 0 Å². The number of hydrogen-bond donors (Lipinski definition) is 2. The molecule has 0 aromatic heterocycles. The van der Waals surface area contributed by atoms with Crippen molar-refractivity contribution in [1.29, 1.82) is 0 Å². The molecule has 2 bridgehead atoms. The Hall–Kier alpha value is -0.0800. The molecule has 3 rings (SSSR count). The fourth-order valence-electron chi connectivity index (χ4n) is 1.95. The molecule has 0 aliphatic carbocycles. The van der Waals surface area contributed by atoms with Gasteiger partial charge in [-0.05, 0) is 12.8 Å². The zero-order chi connectivity index (χ0) is 6.81. The normalized spacial score (nSPS) is 40.8. The summed E-state index contributed by atoms with van der Waals surface area (Å²) in [6.45, 7) is 2.40. The minimum Gasteiger partial charge on any atom is -0.311 e. The highest BCUT2D eigenvalue weighted by Crippen LogP contribution is 2.13. The molecule has 3 aliphatic rings. The smallest absolute Gasteiger partial charge is 0.0193 e. The first kappa shape index (κ1) is 6.62.